The van der Waals surface area contributed by atoms with Crippen molar-refractivity contribution >= 4 is 22.3 Å². The van der Waals surface area contributed by atoms with Crippen LogP contribution in [0.1, 0.15) is 20.8 Å². The van der Waals surface area contributed by atoms with Gasteiger partial charge in [0.2, 0.25) is 0 Å². The molecule has 0 radical (unpaired) electrons. The molecule has 1 N–H and O–H groups in total. The zero-order chi connectivity index (χ0) is 15.5. The summed E-state index contributed by atoms with van der Waals surface area (Å²) >= 11 is 0. The topological polar surface area (TPSA) is 102 Å². The molecule has 1 rings (SSSR count). The highest BCUT2D eigenvalue weighted by Gasteiger charge is 2.41. The number of amides is 1. The molecule has 0 aromatic heterocycles. The van der Waals surface area contributed by atoms with Gasteiger partial charge < -0.3 is 9.47 Å². The summed E-state index contributed by atoms with van der Waals surface area (Å²) in [6, 6.07) is 0. The molecule has 0 bridgehead atoms. The van der Waals surface area contributed by atoms with Crippen LogP contribution in [0.25, 0.3) is 0 Å². The van der Waals surface area contributed by atoms with Gasteiger partial charge in [0, 0.05) is 13.1 Å². The van der Waals surface area contributed by atoms with Crippen LogP contribution in [0.2, 0.25) is 0 Å². The molecule has 2 unspecified atom stereocenters. The van der Waals surface area contributed by atoms with Gasteiger partial charge in [-0.15, -0.1) is 0 Å². The number of hydrogen-bond donors (Lipinski definition) is 1. The molecule has 9 heteroatoms. The van der Waals surface area contributed by atoms with Crippen molar-refractivity contribution in [3.63, 3.8) is 0 Å². The Morgan fingerprint density at radius 2 is 1.90 bits per heavy atom. The van der Waals surface area contributed by atoms with Gasteiger partial charge in [-0.2, -0.15) is 12.7 Å². The van der Waals surface area contributed by atoms with Crippen molar-refractivity contribution in [2.75, 3.05) is 20.2 Å². The second kappa shape index (κ2) is 6.40. The predicted molar refractivity (Wildman–Crippen MR) is 69.9 cm³/mol. The number of carbonyl (C=O) groups excluding carboxylic acids is 2. The summed E-state index contributed by atoms with van der Waals surface area (Å²) in [4.78, 5) is 22.9. The average molecular weight is 308 g/mol. The molecule has 0 aromatic rings. The molecule has 1 saturated heterocycles. The molecule has 1 heterocycles. The van der Waals surface area contributed by atoms with E-state index < -0.39 is 34.3 Å². The van der Waals surface area contributed by atoms with E-state index in [2.05, 4.69) is 4.74 Å². The maximum atomic E-state index is 12.0. The summed E-state index contributed by atoms with van der Waals surface area (Å²) in [6.45, 7) is 5.10. The fourth-order valence-electron chi connectivity index (χ4n) is 1.98. The fraction of sp³-hybridized carbons (Fsp3) is 0.818. The third kappa shape index (κ3) is 4.07. The molecule has 8 nitrogen and oxygen atoms in total. The Hall–Kier alpha value is -1.35. The van der Waals surface area contributed by atoms with Crippen LogP contribution in [0.5, 0.6) is 0 Å². The van der Waals surface area contributed by atoms with Gasteiger partial charge >= 0.3 is 22.3 Å². The minimum Gasteiger partial charge on any atom is -0.469 e. The quantitative estimate of drug-likeness (QED) is 0.739. The van der Waals surface area contributed by atoms with Crippen LogP contribution in [0.4, 0.5) is 4.79 Å². The second-order valence-electron chi connectivity index (χ2n) is 4.99. The van der Waals surface area contributed by atoms with Gasteiger partial charge in [0.05, 0.1) is 19.1 Å². The van der Waals surface area contributed by atoms with E-state index in [0.29, 0.717) is 0 Å². The van der Waals surface area contributed by atoms with Gasteiger partial charge in [0.15, 0.2) is 0 Å². The van der Waals surface area contributed by atoms with Gasteiger partial charge in [0.25, 0.3) is 0 Å². The summed E-state index contributed by atoms with van der Waals surface area (Å²) in [5.41, 5.74) is 0. The summed E-state index contributed by atoms with van der Waals surface area (Å²) in [6.07, 6.45) is -1.46. The van der Waals surface area contributed by atoms with Crippen LogP contribution in [-0.2, 0) is 24.5 Å². The first-order valence-corrected chi connectivity index (χ1v) is 7.67. The minimum absolute atomic E-state index is 0.0157. The molecular weight excluding hydrogens is 288 g/mol. The summed E-state index contributed by atoms with van der Waals surface area (Å²) < 4.78 is 36.2. The summed E-state index contributed by atoms with van der Waals surface area (Å²) in [5, 5.41) is 0. The van der Waals surface area contributed by atoms with Crippen LogP contribution in [0, 0.1) is 11.8 Å². The first-order valence-electron chi connectivity index (χ1n) is 6.23. The number of ether oxygens (including phenoxy) is 2. The van der Waals surface area contributed by atoms with E-state index >= 15 is 0 Å². The zero-order valence-electron chi connectivity index (χ0n) is 12.0. The highest BCUT2D eigenvalue weighted by atomic mass is 32.2. The Morgan fingerprint density at radius 1 is 1.30 bits per heavy atom. The third-order valence-electron chi connectivity index (χ3n) is 2.98. The Labute approximate surface area is 118 Å². The molecule has 1 aliphatic heterocycles. The van der Waals surface area contributed by atoms with Crippen molar-refractivity contribution in [3.8, 4) is 0 Å². The average Bonchev–Trinajstić information content (AvgIpc) is 2.69. The normalized spacial score (nSPS) is 23.6. The van der Waals surface area contributed by atoms with E-state index in [4.69, 9.17) is 4.74 Å². The van der Waals surface area contributed by atoms with Crippen molar-refractivity contribution in [1.29, 1.82) is 0 Å². The number of methoxy groups -OCH3 is 1. The maximum Gasteiger partial charge on any atom is 0.422 e. The predicted octanol–water partition coefficient (Wildman–Crippen LogP) is 0.107. The molecular formula is C11H20N2O6S. The minimum atomic E-state index is -4.01. The summed E-state index contributed by atoms with van der Waals surface area (Å²) in [5.74, 6) is -1.17. The number of rotatable bonds is 4. The maximum absolute atomic E-state index is 12.0. The Bertz CT molecular complexity index is 475. The van der Waals surface area contributed by atoms with Crippen molar-refractivity contribution in [1.82, 2.24) is 9.03 Å². The van der Waals surface area contributed by atoms with E-state index in [1.807, 2.05) is 4.72 Å². The van der Waals surface area contributed by atoms with Crippen molar-refractivity contribution < 1.29 is 27.5 Å². The highest BCUT2D eigenvalue weighted by molar-refractivity contribution is 7.87. The molecule has 0 saturated carbocycles. The van der Waals surface area contributed by atoms with E-state index in [-0.39, 0.29) is 19.0 Å². The standard InChI is InChI=1S/C11H20N2O6S/c1-7(2)19-11(15)12-20(16,17)13-5-8(3)9(6-13)10(14)18-4/h7-9H,5-6H2,1-4H3,(H,12,15). The van der Waals surface area contributed by atoms with Crippen LogP contribution < -0.4 is 4.72 Å². The van der Waals surface area contributed by atoms with Crippen LogP contribution in [0.3, 0.4) is 0 Å². The molecule has 20 heavy (non-hydrogen) atoms. The monoisotopic (exact) mass is 308 g/mol. The lowest BCUT2D eigenvalue weighted by molar-refractivity contribution is -0.145. The number of esters is 1. The Morgan fingerprint density at radius 3 is 2.40 bits per heavy atom. The van der Waals surface area contributed by atoms with Gasteiger partial charge in [-0.3, -0.25) is 4.79 Å². The van der Waals surface area contributed by atoms with Crippen LogP contribution in [0.15, 0.2) is 0 Å². The van der Waals surface area contributed by atoms with Crippen molar-refractivity contribution in [2.24, 2.45) is 11.8 Å². The van der Waals surface area contributed by atoms with E-state index in [0.717, 1.165) is 4.31 Å². The van der Waals surface area contributed by atoms with Crippen LogP contribution in [-0.4, -0.2) is 51.1 Å². The molecule has 1 aliphatic rings. The SMILES string of the molecule is COC(=O)C1CN(S(=O)(=O)NC(=O)OC(C)C)CC1C. The molecule has 116 valence electrons. The smallest absolute Gasteiger partial charge is 0.422 e. The lowest BCUT2D eigenvalue weighted by Gasteiger charge is -2.17. The van der Waals surface area contributed by atoms with Gasteiger partial charge in [-0.25, -0.2) is 9.52 Å². The van der Waals surface area contributed by atoms with Crippen molar-refractivity contribution in [2.45, 2.75) is 26.9 Å². The van der Waals surface area contributed by atoms with Crippen LogP contribution >= 0.6 is 0 Å². The highest BCUT2D eigenvalue weighted by Crippen LogP contribution is 2.25. The third-order valence-corrected chi connectivity index (χ3v) is 4.38. The fourth-order valence-corrected chi connectivity index (χ4v) is 3.16. The van der Waals surface area contributed by atoms with Crippen molar-refractivity contribution in [3.05, 3.63) is 0 Å². The Kier molecular flexibility index (Phi) is 5.35. The second-order valence-corrected chi connectivity index (χ2v) is 6.66. The first kappa shape index (κ1) is 16.7. The molecule has 2 atom stereocenters. The zero-order valence-corrected chi connectivity index (χ0v) is 12.8. The van der Waals surface area contributed by atoms with Gasteiger partial charge in [-0.05, 0) is 19.8 Å². The lowest BCUT2D eigenvalue weighted by atomic mass is 9.99. The lowest BCUT2D eigenvalue weighted by Crippen LogP contribution is -2.43. The molecule has 0 aromatic carbocycles. The molecule has 0 aliphatic carbocycles. The number of carbonyl (C=O) groups is 2. The number of nitrogens with zero attached hydrogens (tertiary/aromatic N) is 1. The van der Waals surface area contributed by atoms with E-state index in [9.17, 15) is 18.0 Å². The number of nitrogens with one attached hydrogen (secondary N) is 1. The molecule has 0 spiro atoms. The van der Waals surface area contributed by atoms with E-state index in [1.54, 1.807) is 20.8 Å². The van der Waals surface area contributed by atoms with Gasteiger partial charge in [0.1, 0.15) is 0 Å². The largest absolute Gasteiger partial charge is 0.469 e. The summed E-state index contributed by atoms with van der Waals surface area (Å²) in [7, 11) is -2.76. The van der Waals surface area contributed by atoms with Gasteiger partial charge in [-0.1, -0.05) is 6.92 Å². The Balaban J connectivity index is 2.71. The number of hydrogen-bond acceptors (Lipinski definition) is 6. The first-order chi connectivity index (χ1) is 9.17. The molecule has 1 amide bonds. The molecule has 1 fully saturated rings. The van der Waals surface area contributed by atoms with E-state index in [1.165, 1.54) is 7.11 Å².